The van der Waals surface area contributed by atoms with Crippen molar-refractivity contribution in [1.29, 1.82) is 0 Å². The zero-order chi connectivity index (χ0) is 17.3. The largest absolute Gasteiger partial charge is 0.450 e. The van der Waals surface area contributed by atoms with E-state index in [4.69, 9.17) is 9.47 Å². The minimum absolute atomic E-state index is 0.0343. The van der Waals surface area contributed by atoms with Gasteiger partial charge >= 0.3 is 12.2 Å². The molecule has 0 radical (unpaired) electrons. The molecule has 0 aromatic heterocycles. The lowest BCUT2D eigenvalue weighted by atomic mass is 9.60. The number of carbonyl (C=O) groups excluding carboxylic acids is 2. The van der Waals surface area contributed by atoms with Crippen molar-refractivity contribution in [2.24, 2.45) is 5.41 Å². The van der Waals surface area contributed by atoms with Gasteiger partial charge in [-0.3, -0.25) is 4.90 Å². The number of likely N-dealkylation sites (tertiary alicyclic amines) is 2. The quantitative estimate of drug-likeness (QED) is 0.764. The Hall–Kier alpha value is -1.50. The van der Waals surface area contributed by atoms with Crippen LogP contribution in [0.5, 0.6) is 0 Å². The number of carbonyl (C=O) groups is 2. The summed E-state index contributed by atoms with van der Waals surface area (Å²) in [5, 5.41) is 0. The maximum absolute atomic E-state index is 11.9. The van der Waals surface area contributed by atoms with Gasteiger partial charge in [-0.1, -0.05) is 0 Å². The third-order valence-electron chi connectivity index (χ3n) is 5.60. The summed E-state index contributed by atoms with van der Waals surface area (Å²) in [5.41, 5.74) is 0.320. The molecule has 24 heavy (non-hydrogen) atoms. The van der Waals surface area contributed by atoms with Crippen LogP contribution in [0.25, 0.3) is 0 Å². The number of hydrogen-bond acceptors (Lipinski definition) is 5. The monoisotopic (exact) mass is 339 g/mol. The molecule has 0 N–H and O–H groups in total. The Bertz CT molecular complexity index is 474. The minimum Gasteiger partial charge on any atom is -0.450 e. The summed E-state index contributed by atoms with van der Waals surface area (Å²) >= 11 is 0. The van der Waals surface area contributed by atoms with Gasteiger partial charge in [-0.05, 0) is 33.6 Å². The first-order chi connectivity index (χ1) is 11.5. The SMILES string of the molecule is CCOC(=O)N1CC2(CC(N3CC(OC(=O)N(CC)CC)C3)C2)C1. The molecule has 3 rings (SSSR count). The summed E-state index contributed by atoms with van der Waals surface area (Å²) in [4.78, 5) is 29.4. The summed E-state index contributed by atoms with van der Waals surface area (Å²) in [6.07, 6.45) is 1.93. The van der Waals surface area contributed by atoms with E-state index >= 15 is 0 Å². The normalized spacial score (nSPS) is 23.2. The number of nitrogens with zero attached hydrogens (tertiary/aromatic N) is 3. The van der Waals surface area contributed by atoms with Crippen LogP contribution in [-0.4, -0.2) is 84.9 Å². The molecule has 1 spiro atoms. The maximum atomic E-state index is 11.9. The lowest BCUT2D eigenvalue weighted by Crippen LogP contribution is -2.70. The molecule has 0 bridgehead atoms. The Morgan fingerprint density at radius 2 is 1.75 bits per heavy atom. The summed E-state index contributed by atoms with van der Waals surface area (Å²) in [7, 11) is 0. The molecule has 2 heterocycles. The molecule has 1 aliphatic carbocycles. The first kappa shape index (κ1) is 17.3. The Balaban J connectivity index is 1.32. The molecular formula is C17H29N3O4. The Morgan fingerprint density at radius 1 is 1.12 bits per heavy atom. The van der Waals surface area contributed by atoms with Crippen molar-refractivity contribution in [3.63, 3.8) is 0 Å². The van der Waals surface area contributed by atoms with Gasteiger partial charge in [0.25, 0.3) is 0 Å². The highest BCUT2D eigenvalue weighted by Crippen LogP contribution is 2.51. The molecule has 2 amide bonds. The lowest BCUT2D eigenvalue weighted by molar-refractivity contribution is -0.136. The standard InChI is InChI=1S/C17H29N3O4/c1-4-18(5-2)16(22)24-14-9-19(10-14)13-7-17(8-13)11-20(12-17)15(21)23-6-3/h13-14H,4-12H2,1-3H3. The van der Waals surface area contributed by atoms with E-state index in [-0.39, 0.29) is 18.3 Å². The fourth-order valence-corrected chi connectivity index (χ4v) is 4.10. The van der Waals surface area contributed by atoms with Crippen molar-refractivity contribution in [2.75, 3.05) is 45.9 Å². The highest BCUT2D eigenvalue weighted by Gasteiger charge is 2.56. The average Bonchev–Trinajstić information content (AvgIpc) is 2.42. The first-order valence-electron chi connectivity index (χ1n) is 9.11. The second-order valence-corrected chi connectivity index (χ2v) is 7.25. The lowest BCUT2D eigenvalue weighted by Gasteiger charge is -2.62. The van der Waals surface area contributed by atoms with Gasteiger partial charge in [0.1, 0.15) is 6.10 Å². The van der Waals surface area contributed by atoms with Crippen molar-refractivity contribution in [3.05, 3.63) is 0 Å². The van der Waals surface area contributed by atoms with Crippen molar-refractivity contribution in [2.45, 2.75) is 45.8 Å². The first-order valence-corrected chi connectivity index (χ1v) is 9.11. The van der Waals surface area contributed by atoms with Crippen LogP contribution in [0.15, 0.2) is 0 Å². The van der Waals surface area contributed by atoms with Gasteiger partial charge in [0.15, 0.2) is 0 Å². The summed E-state index contributed by atoms with van der Waals surface area (Å²) in [6, 6.07) is 0.581. The third kappa shape index (κ3) is 3.18. The molecule has 3 fully saturated rings. The predicted molar refractivity (Wildman–Crippen MR) is 88.8 cm³/mol. The molecule has 0 unspecified atom stereocenters. The van der Waals surface area contributed by atoms with Crippen LogP contribution in [-0.2, 0) is 9.47 Å². The van der Waals surface area contributed by atoms with Crippen molar-refractivity contribution in [1.82, 2.24) is 14.7 Å². The van der Waals surface area contributed by atoms with E-state index in [2.05, 4.69) is 4.90 Å². The van der Waals surface area contributed by atoms with Gasteiger partial charge in [-0.2, -0.15) is 0 Å². The van der Waals surface area contributed by atoms with Gasteiger partial charge in [0.05, 0.1) is 6.61 Å². The average molecular weight is 339 g/mol. The van der Waals surface area contributed by atoms with Crippen LogP contribution in [0.3, 0.4) is 0 Å². The third-order valence-corrected chi connectivity index (χ3v) is 5.60. The van der Waals surface area contributed by atoms with Crippen molar-refractivity contribution >= 4 is 12.2 Å². The maximum Gasteiger partial charge on any atom is 0.410 e. The Morgan fingerprint density at radius 3 is 2.29 bits per heavy atom. The molecule has 7 nitrogen and oxygen atoms in total. The molecule has 1 saturated carbocycles. The van der Waals surface area contributed by atoms with Gasteiger partial charge < -0.3 is 19.3 Å². The van der Waals surface area contributed by atoms with Crippen LogP contribution in [0.2, 0.25) is 0 Å². The highest BCUT2D eigenvalue weighted by atomic mass is 16.6. The topological polar surface area (TPSA) is 62.3 Å². The highest BCUT2D eigenvalue weighted by molar-refractivity contribution is 5.69. The fourth-order valence-electron chi connectivity index (χ4n) is 4.10. The van der Waals surface area contributed by atoms with E-state index in [1.54, 1.807) is 9.80 Å². The predicted octanol–water partition coefficient (Wildman–Crippen LogP) is 1.77. The molecule has 0 aromatic carbocycles. The van der Waals surface area contributed by atoms with Crippen LogP contribution in [0.1, 0.15) is 33.6 Å². The van der Waals surface area contributed by atoms with Crippen LogP contribution >= 0.6 is 0 Å². The Kier molecular flexibility index (Phi) is 4.90. The van der Waals surface area contributed by atoms with E-state index in [1.807, 2.05) is 20.8 Å². The van der Waals surface area contributed by atoms with E-state index < -0.39 is 0 Å². The molecule has 2 aliphatic heterocycles. The minimum atomic E-state index is -0.196. The summed E-state index contributed by atoms with van der Waals surface area (Å²) < 4.78 is 10.6. The molecule has 3 aliphatic rings. The zero-order valence-corrected chi connectivity index (χ0v) is 15.0. The van der Waals surface area contributed by atoms with Gasteiger partial charge in [-0.25, -0.2) is 9.59 Å². The second-order valence-electron chi connectivity index (χ2n) is 7.25. The Labute approximate surface area is 143 Å². The summed E-state index contributed by atoms with van der Waals surface area (Å²) in [6.45, 7) is 10.9. The molecular weight excluding hydrogens is 310 g/mol. The number of ether oxygens (including phenoxy) is 2. The fraction of sp³-hybridized carbons (Fsp3) is 0.882. The molecule has 0 aromatic rings. The molecule has 2 saturated heterocycles. The number of amides is 2. The molecule has 0 atom stereocenters. The number of hydrogen-bond donors (Lipinski definition) is 0. The van der Waals surface area contributed by atoms with Gasteiger partial charge in [-0.15, -0.1) is 0 Å². The summed E-state index contributed by atoms with van der Waals surface area (Å²) in [5.74, 6) is 0. The van der Waals surface area contributed by atoms with Crippen molar-refractivity contribution in [3.8, 4) is 0 Å². The van der Waals surface area contributed by atoms with Gasteiger partial charge in [0, 0.05) is 50.7 Å². The van der Waals surface area contributed by atoms with E-state index in [0.717, 1.165) is 39.0 Å². The zero-order valence-electron chi connectivity index (χ0n) is 15.0. The molecule has 7 heteroatoms. The van der Waals surface area contributed by atoms with Gasteiger partial charge in [0.2, 0.25) is 0 Å². The number of rotatable bonds is 5. The second kappa shape index (κ2) is 6.78. The molecule has 136 valence electrons. The van der Waals surface area contributed by atoms with Crippen LogP contribution < -0.4 is 0 Å². The van der Waals surface area contributed by atoms with Crippen LogP contribution in [0.4, 0.5) is 9.59 Å². The van der Waals surface area contributed by atoms with E-state index in [0.29, 0.717) is 31.2 Å². The van der Waals surface area contributed by atoms with E-state index in [9.17, 15) is 9.59 Å². The van der Waals surface area contributed by atoms with Crippen molar-refractivity contribution < 1.29 is 19.1 Å². The smallest absolute Gasteiger partial charge is 0.410 e. The van der Waals surface area contributed by atoms with E-state index in [1.165, 1.54) is 0 Å². The van der Waals surface area contributed by atoms with Crippen LogP contribution in [0, 0.1) is 5.41 Å².